The molecule has 8 heteroatoms. The Morgan fingerprint density at radius 1 is 1.14 bits per heavy atom. The fraction of sp³-hybridized carbons (Fsp3) is 0.333. The Morgan fingerprint density at radius 3 is 2.34 bits per heavy atom. The number of hydrogen-bond donors (Lipinski definition) is 0. The van der Waals surface area contributed by atoms with Gasteiger partial charge in [0.05, 0.1) is 24.8 Å². The summed E-state index contributed by atoms with van der Waals surface area (Å²) in [5.41, 5.74) is 1.28. The zero-order chi connectivity index (χ0) is 21.6. The smallest absolute Gasteiger partial charge is 0.416 e. The molecule has 0 bridgehead atoms. The first kappa shape index (κ1) is 22.4. The summed E-state index contributed by atoms with van der Waals surface area (Å²) < 4.78 is 57.3. The maximum atomic E-state index is 12.8. The lowest BCUT2D eigenvalue weighted by Gasteiger charge is -2.09. The molecule has 0 fully saturated rings. The van der Waals surface area contributed by atoms with E-state index >= 15 is 0 Å². The van der Waals surface area contributed by atoms with Gasteiger partial charge in [-0.05, 0) is 35.7 Å². The van der Waals surface area contributed by atoms with Crippen LogP contribution in [0.2, 0.25) is 0 Å². The number of benzene rings is 1. The molecule has 0 atom stereocenters. The van der Waals surface area contributed by atoms with Crippen LogP contribution < -0.4 is 0 Å². The predicted octanol–water partition coefficient (Wildman–Crippen LogP) is 5.43. The van der Waals surface area contributed by atoms with Crippen molar-refractivity contribution in [2.45, 2.75) is 33.0 Å². The number of hydrogen-bond acceptors (Lipinski definition) is 3. The van der Waals surface area contributed by atoms with Crippen LogP contribution in [0.15, 0.2) is 42.7 Å². The van der Waals surface area contributed by atoms with Crippen molar-refractivity contribution in [3.63, 3.8) is 0 Å². The number of aromatic nitrogens is 2. The molecular formula is C21H22F4N2O2. The fourth-order valence-electron chi connectivity index (χ4n) is 2.99. The number of alkyl halides is 4. The molecule has 3 rings (SSSR count). The average Bonchev–Trinajstić information content (AvgIpc) is 3.09. The van der Waals surface area contributed by atoms with Gasteiger partial charge in [-0.25, -0.2) is 14.2 Å². The zero-order valence-electron chi connectivity index (χ0n) is 16.4. The molecule has 0 unspecified atom stereocenters. The first-order chi connectivity index (χ1) is 13.8. The second kappa shape index (κ2) is 9.54. The lowest BCUT2D eigenvalue weighted by atomic mass is 10.00. The van der Waals surface area contributed by atoms with Gasteiger partial charge < -0.3 is 9.30 Å². The minimum atomic E-state index is -4.40. The van der Waals surface area contributed by atoms with Crippen molar-refractivity contribution in [3.05, 3.63) is 65.0 Å². The van der Waals surface area contributed by atoms with E-state index in [4.69, 9.17) is 4.74 Å². The topological polar surface area (TPSA) is 44.1 Å². The van der Waals surface area contributed by atoms with Crippen LogP contribution in [0.3, 0.4) is 0 Å². The van der Waals surface area contributed by atoms with E-state index < -0.39 is 24.4 Å². The number of ether oxygens (including phenoxy) is 1. The molecule has 4 nitrogen and oxygen atoms in total. The average molecular weight is 410 g/mol. The molecule has 29 heavy (non-hydrogen) atoms. The number of carbonyl (C=O) groups is 1. The number of fused-ring (bicyclic) bond motifs is 1. The minimum absolute atomic E-state index is 0.0320. The summed E-state index contributed by atoms with van der Waals surface area (Å²) in [5, 5.41) is 0.512. The molecule has 0 saturated carbocycles. The third kappa shape index (κ3) is 4.93. The molecule has 0 aliphatic carbocycles. The quantitative estimate of drug-likeness (QED) is 0.416. The number of methoxy groups -OCH3 is 1. The monoisotopic (exact) mass is 410 g/mol. The van der Waals surface area contributed by atoms with Crippen LogP contribution in [-0.2, 0) is 23.9 Å². The van der Waals surface area contributed by atoms with Crippen LogP contribution >= 0.6 is 0 Å². The first-order valence-electron chi connectivity index (χ1n) is 9.12. The van der Waals surface area contributed by atoms with Crippen LogP contribution in [0.4, 0.5) is 17.6 Å². The van der Waals surface area contributed by atoms with Crippen molar-refractivity contribution >= 4 is 17.0 Å². The van der Waals surface area contributed by atoms with Gasteiger partial charge in [0.15, 0.2) is 0 Å². The number of pyridine rings is 1. The lowest BCUT2D eigenvalue weighted by Crippen LogP contribution is -2.05. The van der Waals surface area contributed by atoms with Crippen molar-refractivity contribution in [1.29, 1.82) is 0 Å². The molecule has 3 aromatic rings. The highest BCUT2D eigenvalue weighted by Crippen LogP contribution is 2.30. The summed E-state index contributed by atoms with van der Waals surface area (Å²) in [7, 11) is 1.24. The Hall–Kier alpha value is -2.90. The van der Waals surface area contributed by atoms with Crippen LogP contribution in [0.5, 0.6) is 0 Å². The summed E-state index contributed by atoms with van der Waals surface area (Å²) in [6.07, 6.45) is -1.10. The van der Waals surface area contributed by atoms with Gasteiger partial charge in [-0.15, -0.1) is 0 Å². The van der Waals surface area contributed by atoms with Crippen molar-refractivity contribution in [3.8, 4) is 0 Å². The van der Waals surface area contributed by atoms with E-state index in [1.807, 2.05) is 13.8 Å². The Morgan fingerprint density at radius 2 is 1.79 bits per heavy atom. The highest BCUT2D eigenvalue weighted by molar-refractivity contribution is 6.04. The Labute approximate surface area is 166 Å². The van der Waals surface area contributed by atoms with Gasteiger partial charge >= 0.3 is 12.1 Å². The van der Waals surface area contributed by atoms with Crippen molar-refractivity contribution in [2.24, 2.45) is 0 Å². The van der Waals surface area contributed by atoms with E-state index in [1.54, 1.807) is 6.07 Å². The fourth-order valence-corrected chi connectivity index (χ4v) is 2.99. The lowest BCUT2D eigenvalue weighted by molar-refractivity contribution is -0.137. The maximum Gasteiger partial charge on any atom is 0.416 e. The van der Waals surface area contributed by atoms with Crippen molar-refractivity contribution in [2.75, 3.05) is 13.8 Å². The second-order valence-corrected chi connectivity index (χ2v) is 5.96. The van der Waals surface area contributed by atoms with Gasteiger partial charge in [0.25, 0.3) is 0 Å². The number of carbonyl (C=O) groups excluding carboxylic acids is 1. The molecule has 0 N–H and O–H groups in total. The van der Waals surface area contributed by atoms with Crippen LogP contribution in [-0.4, -0.2) is 29.3 Å². The third-order valence-electron chi connectivity index (χ3n) is 4.25. The van der Waals surface area contributed by atoms with Crippen LogP contribution in [0.1, 0.15) is 40.9 Å². The van der Waals surface area contributed by atoms with Crippen molar-refractivity contribution in [1.82, 2.24) is 9.55 Å². The van der Waals surface area contributed by atoms with E-state index in [1.165, 1.54) is 36.2 Å². The van der Waals surface area contributed by atoms with Crippen LogP contribution in [0, 0.1) is 0 Å². The molecule has 0 spiro atoms. The molecule has 0 aliphatic rings. The van der Waals surface area contributed by atoms with E-state index in [-0.39, 0.29) is 12.1 Å². The highest BCUT2D eigenvalue weighted by atomic mass is 19.4. The highest BCUT2D eigenvalue weighted by Gasteiger charge is 2.30. The molecule has 1 aromatic carbocycles. The summed E-state index contributed by atoms with van der Waals surface area (Å²) in [6.45, 7) is 3.40. The van der Waals surface area contributed by atoms with Gasteiger partial charge in [-0.1, -0.05) is 26.0 Å². The minimum Gasteiger partial charge on any atom is -0.465 e. The van der Waals surface area contributed by atoms with Gasteiger partial charge in [0.2, 0.25) is 0 Å². The summed E-state index contributed by atoms with van der Waals surface area (Å²) in [6, 6.07) is 6.51. The molecular weight excluding hydrogens is 388 g/mol. The van der Waals surface area contributed by atoms with E-state index in [0.717, 1.165) is 12.1 Å². The maximum absolute atomic E-state index is 12.8. The van der Waals surface area contributed by atoms with Gasteiger partial charge in [0.1, 0.15) is 12.3 Å². The van der Waals surface area contributed by atoms with Crippen molar-refractivity contribution < 1.29 is 27.1 Å². The summed E-state index contributed by atoms with van der Waals surface area (Å²) in [5.74, 6) is -0.584. The number of halogens is 4. The van der Waals surface area contributed by atoms with E-state index in [2.05, 4.69) is 4.98 Å². The first-order valence-corrected chi connectivity index (χ1v) is 9.12. The summed E-state index contributed by atoms with van der Waals surface area (Å²) in [4.78, 5) is 16.3. The van der Waals surface area contributed by atoms with E-state index in [9.17, 15) is 22.4 Å². The largest absolute Gasteiger partial charge is 0.465 e. The van der Waals surface area contributed by atoms with E-state index in [0.29, 0.717) is 28.6 Å². The third-order valence-corrected chi connectivity index (χ3v) is 4.25. The molecule has 0 aliphatic heterocycles. The molecule has 156 valence electrons. The Kier molecular flexibility index (Phi) is 7.36. The SMILES string of the molecule is CC.COC(=O)c1cn(CCF)c2nccc(Cc3ccc(C(F)(F)F)cc3)c12. The Bertz CT molecular complexity index is 963. The van der Waals surface area contributed by atoms with Gasteiger partial charge in [-0.2, -0.15) is 13.2 Å². The number of nitrogens with zero attached hydrogens (tertiary/aromatic N) is 2. The summed E-state index contributed by atoms with van der Waals surface area (Å²) >= 11 is 0. The molecule has 0 saturated heterocycles. The molecule has 0 amide bonds. The zero-order valence-corrected chi connectivity index (χ0v) is 16.4. The predicted molar refractivity (Wildman–Crippen MR) is 103 cm³/mol. The normalized spacial score (nSPS) is 11.1. The number of rotatable bonds is 5. The van der Waals surface area contributed by atoms with Crippen LogP contribution in [0.25, 0.3) is 11.0 Å². The van der Waals surface area contributed by atoms with Gasteiger partial charge in [0, 0.05) is 17.8 Å². The standard InChI is InChI=1S/C19H16F4N2O2.C2H6/c1-27-18(26)15-11-25(9-7-20)17-16(15)13(6-8-24-17)10-12-2-4-14(5-3-12)19(21,22)23;1-2/h2-6,8,11H,7,9-10H2,1H3;1-2H3. The number of esters is 1. The Balaban J connectivity index is 0.00000145. The molecule has 0 radical (unpaired) electrons. The van der Waals surface area contributed by atoms with Gasteiger partial charge in [-0.3, -0.25) is 0 Å². The number of aryl methyl sites for hydroxylation is 1. The molecule has 2 aromatic heterocycles. The second-order valence-electron chi connectivity index (χ2n) is 5.96. The molecule has 2 heterocycles.